The molecule has 0 atom stereocenters. The van der Waals surface area contributed by atoms with Crippen molar-refractivity contribution in [3.05, 3.63) is 67.6 Å². The van der Waals surface area contributed by atoms with Crippen LogP contribution in [0.3, 0.4) is 0 Å². The summed E-state index contributed by atoms with van der Waals surface area (Å²) in [7, 11) is -2.64. The summed E-state index contributed by atoms with van der Waals surface area (Å²) in [6, 6.07) is 7.25. The largest absolute Gasteiger partial charge is 0.495 e. The van der Waals surface area contributed by atoms with Crippen LogP contribution >= 0.6 is 11.6 Å². The lowest BCUT2D eigenvalue weighted by Crippen LogP contribution is -2.38. The zero-order chi connectivity index (χ0) is 18.2. The lowest BCUT2D eigenvalue weighted by atomic mass is 10.3. The van der Waals surface area contributed by atoms with Crippen LogP contribution < -0.4 is 25.9 Å². The molecule has 0 fully saturated rings. The van der Waals surface area contributed by atoms with E-state index in [-0.39, 0.29) is 21.6 Å². The van der Waals surface area contributed by atoms with E-state index in [0.29, 0.717) is 11.2 Å². The third-order valence-electron chi connectivity index (χ3n) is 3.37. The van der Waals surface area contributed by atoms with Gasteiger partial charge < -0.3 is 9.72 Å². The lowest BCUT2D eigenvalue weighted by molar-refractivity contribution is 0.415. The van der Waals surface area contributed by atoms with Gasteiger partial charge in [-0.15, -0.1) is 0 Å². The molecule has 0 bridgehead atoms. The second-order valence-electron chi connectivity index (χ2n) is 5.05. The number of hydrogen-bond acceptors (Lipinski definition) is 5. The monoisotopic (exact) mass is 381 g/mol. The summed E-state index contributed by atoms with van der Waals surface area (Å²) in [6.45, 7) is 0. The number of methoxy groups -OCH3 is 1. The van der Waals surface area contributed by atoms with Crippen molar-refractivity contribution in [1.82, 2.24) is 9.38 Å². The minimum Gasteiger partial charge on any atom is -0.495 e. The zero-order valence-corrected chi connectivity index (χ0v) is 14.4. The molecular weight excluding hydrogens is 370 g/mol. The van der Waals surface area contributed by atoms with Crippen molar-refractivity contribution >= 4 is 38.2 Å². The Hall–Kier alpha value is -2.78. The molecule has 0 aliphatic carbocycles. The number of nitrogens with zero attached hydrogens (tertiary/aromatic N) is 1. The predicted octanol–water partition coefficient (Wildman–Crippen LogP) is 0.549. The minimum absolute atomic E-state index is 0.0812. The van der Waals surface area contributed by atoms with Gasteiger partial charge in [-0.1, -0.05) is 11.6 Å². The standard InChI is InChI=1S/C15H12ClN3O5S/c1-24-13-5-4-9(7-10(13)16)18-25(22,23)8-11-14(20)12-3-2-6-19(12)15(21)17-11/h2-8,18H,1H3,(H,17,21). The average molecular weight is 382 g/mol. The van der Waals surface area contributed by atoms with E-state index in [9.17, 15) is 18.0 Å². The first-order valence-electron chi connectivity index (χ1n) is 6.92. The van der Waals surface area contributed by atoms with Crippen LogP contribution in [0.25, 0.3) is 10.9 Å². The van der Waals surface area contributed by atoms with Crippen molar-refractivity contribution in [3.63, 3.8) is 0 Å². The van der Waals surface area contributed by atoms with Crippen LogP contribution in [0.2, 0.25) is 5.02 Å². The number of benzene rings is 1. The minimum atomic E-state index is -4.07. The summed E-state index contributed by atoms with van der Waals surface area (Å²) in [5.41, 5.74) is -0.963. The summed E-state index contributed by atoms with van der Waals surface area (Å²) in [6.07, 6.45) is 1.41. The number of rotatable bonds is 4. The number of fused-ring (bicyclic) bond motifs is 1. The van der Waals surface area contributed by atoms with Crippen molar-refractivity contribution in [2.75, 3.05) is 11.8 Å². The van der Waals surface area contributed by atoms with Crippen LogP contribution in [0, 0.1) is 0 Å². The SMILES string of the molecule is COc1ccc(NS(=O)(=O)C=c2[nH]c(=O)n3cccc3c2=O)cc1Cl. The molecule has 2 aromatic heterocycles. The Labute approximate surface area is 146 Å². The first kappa shape index (κ1) is 17.1. The number of hydrogen-bond donors (Lipinski definition) is 2. The van der Waals surface area contributed by atoms with Gasteiger partial charge in [0.05, 0.1) is 28.7 Å². The van der Waals surface area contributed by atoms with Crippen molar-refractivity contribution < 1.29 is 13.2 Å². The van der Waals surface area contributed by atoms with Gasteiger partial charge >= 0.3 is 5.69 Å². The first-order valence-corrected chi connectivity index (χ1v) is 8.84. The number of sulfonamides is 1. The number of aromatic amines is 1. The fourth-order valence-corrected chi connectivity index (χ4v) is 3.52. The van der Waals surface area contributed by atoms with E-state index >= 15 is 0 Å². The van der Waals surface area contributed by atoms with Crippen molar-refractivity contribution in [3.8, 4) is 5.75 Å². The van der Waals surface area contributed by atoms with Crippen LogP contribution in [0.1, 0.15) is 0 Å². The molecule has 0 saturated heterocycles. The highest BCUT2D eigenvalue weighted by Crippen LogP contribution is 2.27. The van der Waals surface area contributed by atoms with E-state index in [2.05, 4.69) is 9.71 Å². The predicted molar refractivity (Wildman–Crippen MR) is 94.5 cm³/mol. The van der Waals surface area contributed by atoms with Gasteiger partial charge in [0, 0.05) is 6.20 Å². The van der Waals surface area contributed by atoms with E-state index in [4.69, 9.17) is 16.3 Å². The number of aromatic nitrogens is 2. The highest BCUT2D eigenvalue weighted by molar-refractivity contribution is 8.00. The van der Waals surface area contributed by atoms with E-state index in [1.165, 1.54) is 43.6 Å². The molecule has 3 aromatic rings. The molecular formula is C15H12ClN3O5S. The maximum atomic E-state index is 12.3. The molecule has 2 heterocycles. The van der Waals surface area contributed by atoms with Gasteiger partial charge in [0.2, 0.25) is 5.43 Å². The molecule has 0 aliphatic heterocycles. The molecule has 130 valence electrons. The molecule has 0 aliphatic rings. The fraction of sp³-hybridized carbons (Fsp3) is 0.0667. The smallest absolute Gasteiger partial charge is 0.330 e. The second-order valence-corrected chi connectivity index (χ2v) is 6.99. The van der Waals surface area contributed by atoms with Gasteiger partial charge in [-0.2, -0.15) is 0 Å². The molecule has 8 nitrogen and oxygen atoms in total. The molecule has 25 heavy (non-hydrogen) atoms. The quantitative estimate of drug-likeness (QED) is 0.685. The highest BCUT2D eigenvalue weighted by atomic mass is 35.5. The Morgan fingerprint density at radius 2 is 2.04 bits per heavy atom. The number of ether oxygens (including phenoxy) is 1. The van der Waals surface area contributed by atoms with Crippen LogP contribution in [0.5, 0.6) is 5.75 Å². The Balaban J connectivity index is 2.05. The summed E-state index contributed by atoms with van der Waals surface area (Å²) in [5.74, 6) is 0.387. The maximum Gasteiger partial charge on any atom is 0.330 e. The van der Waals surface area contributed by atoms with Gasteiger partial charge in [0.15, 0.2) is 0 Å². The fourth-order valence-electron chi connectivity index (χ4n) is 2.27. The van der Waals surface area contributed by atoms with Gasteiger partial charge in [-0.05, 0) is 30.3 Å². The second kappa shape index (κ2) is 6.26. The molecule has 2 N–H and O–H groups in total. The van der Waals surface area contributed by atoms with Gasteiger partial charge in [0.25, 0.3) is 10.0 Å². The number of halogens is 1. The Morgan fingerprint density at radius 1 is 1.28 bits per heavy atom. The van der Waals surface area contributed by atoms with E-state index in [1.54, 1.807) is 0 Å². The summed E-state index contributed by atoms with van der Waals surface area (Å²) >= 11 is 5.95. The average Bonchev–Trinajstić information content (AvgIpc) is 3.02. The molecule has 0 saturated carbocycles. The number of H-pyrrole nitrogens is 1. The normalized spacial score (nSPS) is 12.5. The van der Waals surface area contributed by atoms with Gasteiger partial charge in [-0.3, -0.25) is 13.9 Å². The van der Waals surface area contributed by atoms with Gasteiger partial charge in [0.1, 0.15) is 11.1 Å². The summed E-state index contributed by atoms with van der Waals surface area (Å²) < 4.78 is 32.9. The molecule has 0 spiro atoms. The van der Waals surface area contributed by atoms with Crippen LogP contribution in [0.15, 0.2) is 46.1 Å². The third kappa shape index (κ3) is 3.37. The molecule has 0 radical (unpaired) electrons. The first-order chi connectivity index (χ1) is 11.8. The van der Waals surface area contributed by atoms with E-state index < -0.39 is 21.1 Å². The summed E-state index contributed by atoms with van der Waals surface area (Å²) in [5, 5.41) is 0.542. The van der Waals surface area contributed by atoms with Crippen LogP contribution in [-0.4, -0.2) is 24.9 Å². The van der Waals surface area contributed by atoms with Gasteiger partial charge in [-0.25, -0.2) is 13.2 Å². The van der Waals surface area contributed by atoms with E-state index in [0.717, 1.165) is 4.40 Å². The number of nitrogens with one attached hydrogen (secondary N) is 2. The van der Waals surface area contributed by atoms with E-state index in [1.807, 2.05) is 0 Å². The summed E-state index contributed by atoms with van der Waals surface area (Å²) in [4.78, 5) is 26.4. The van der Waals surface area contributed by atoms with Crippen LogP contribution in [-0.2, 0) is 10.0 Å². The van der Waals surface area contributed by atoms with Crippen molar-refractivity contribution in [2.45, 2.75) is 0 Å². The highest BCUT2D eigenvalue weighted by Gasteiger charge is 2.11. The number of anilines is 1. The Morgan fingerprint density at radius 3 is 2.72 bits per heavy atom. The molecule has 3 rings (SSSR count). The van der Waals surface area contributed by atoms with Crippen molar-refractivity contribution in [2.24, 2.45) is 0 Å². The third-order valence-corrected chi connectivity index (χ3v) is 4.73. The molecule has 1 aromatic carbocycles. The maximum absolute atomic E-state index is 12.3. The Bertz CT molecular complexity index is 1230. The zero-order valence-electron chi connectivity index (χ0n) is 12.8. The topological polar surface area (TPSA) is 110 Å². The lowest BCUT2D eigenvalue weighted by Gasteiger charge is -2.07. The van der Waals surface area contributed by atoms with Crippen molar-refractivity contribution in [1.29, 1.82) is 0 Å². The molecule has 0 amide bonds. The molecule has 0 unspecified atom stereocenters. The van der Waals surface area contributed by atoms with Crippen LogP contribution in [0.4, 0.5) is 5.69 Å². The Kier molecular flexibility index (Phi) is 4.27. The molecule has 10 heteroatoms.